The summed E-state index contributed by atoms with van der Waals surface area (Å²) in [6.07, 6.45) is 0.726. The van der Waals surface area contributed by atoms with Crippen molar-refractivity contribution in [1.82, 2.24) is 56.6 Å². The van der Waals surface area contributed by atoms with Crippen molar-refractivity contribution in [2.45, 2.75) is 89.4 Å². The van der Waals surface area contributed by atoms with Gasteiger partial charge in [0.1, 0.15) is 12.1 Å². The van der Waals surface area contributed by atoms with E-state index >= 15 is 0 Å². The van der Waals surface area contributed by atoms with Gasteiger partial charge < -0.3 is 47.2 Å². The van der Waals surface area contributed by atoms with Crippen LogP contribution in [0.2, 0.25) is 0 Å². The van der Waals surface area contributed by atoms with Crippen LogP contribution in [0.15, 0.2) is 0 Å². The van der Waals surface area contributed by atoms with Gasteiger partial charge in [0.2, 0.25) is 17.6 Å². The number of hydrogen-bond acceptors (Lipinski definition) is 17. The zero-order chi connectivity index (χ0) is 50.5. The quantitative estimate of drug-likeness (QED) is 0.0198. The number of carbonyl (C=O) groups excluding carboxylic acids is 7. The average Bonchev–Trinajstić information content (AvgIpc) is 3.72. The van der Waals surface area contributed by atoms with E-state index in [0.717, 1.165) is 0 Å². The van der Waals surface area contributed by atoms with E-state index in [1.807, 2.05) is 22.2 Å². The number of hydrazine groups is 1. The Bertz CT molecular complexity index is 1820. The highest BCUT2D eigenvalue weighted by atomic mass is 16.4. The van der Waals surface area contributed by atoms with Crippen LogP contribution >= 0.6 is 0 Å². The first-order valence-corrected chi connectivity index (χ1v) is 23.1. The largest absolute Gasteiger partial charge is 0.481 e. The molecule has 382 valence electrons. The minimum Gasteiger partial charge on any atom is -0.481 e. The number of guanidine groups is 1. The molecule has 12 N–H and O–H groups in total. The number of aliphatic carboxylic acids is 3. The number of Topliss-reactive ketones (excluding diaryl/α,β-unsaturated/α-hetero) is 3. The van der Waals surface area contributed by atoms with E-state index in [1.165, 1.54) is 0 Å². The van der Waals surface area contributed by atoms with E-state index in [-0.39, 0.29) is 97.0 Å². The summed E-state index contributed by atoms with van der Waals surface area (Å²) in [5.74, 6) is -11.2. The van der Waals surface area contributed by atoms with Crippen molar-refractivity contribution < 1.29 is 63.3 Å². The third-order valence-electron chi connectivity index (χ3n) is 12.0. The molecule has 3 aliphatic heterocycles. The summed E-state index contributed by atoms with van der Waals surface area (Å²) >= 11 is 0. The van der Waals surface area contributed by atoms with E-state index in [0.29, 0.717) is 45.6 Å². The molecule has 0 aromatic rings. The number of imide groups is 1. The number of urea groups is 1. The molecule has 26 nitrogen and oxygen atoms in total. The van der Waals surface area contributed by atoms with Crippen molar-refractivity contribution in [3.05, 3.63) is 0 Å². The Morgan fingerprint density at radius 2 is 1.34 bits per heavy atom. The van der Waals surface area contributed by atoms with Crippen LogP contribution in [0.3, 0.4) is 0 Å². The van der Waals surface area contributed by atoms with E-state index in [2.05, 4.69) is 26.7 Å². The highest BCUT2D eigenvalue weighted by Crippen LogP contribution is 2.21. The van der Waals surface area contributed by atoms with Gasteiger partial charge in [0, 0.05) is 72.0 Å². The fraction of sp³-hybridized carbons (Fsp3) is 0.738. The third kappa shape index (κ3) is 19.9. The molecule has 3 fully saturated rings. The molecule has 5 atom stereocenters. The number of fused-ring (bicyclic) bond motifs is 1. The Balaban J connectivity index is 2.00. The minimum absolute atomic E-state index is 0.0252. The van der Waals surface area contributed by atoms with Gasteiger partial charge in [0.15, 0.2) is 17.5 Å². The number of hydrogen-bond donors (Lipinski definition) is 11. The first kappa shape index (κ1) is 56.7. The molecule has 3 aliphatic rings. The van der Waals surface area contributed by atoms with Crippen LogP contribution in [-0.2, 0) is 43.2 Å². The summed E-state index contributed by atoms with van der Waals surface area (Å²) in [7, 11) is 1.86. The molecular formula is C42H71N13O13. The summed E-state index contributed by atoms with van der Waals surface area (Å²) in [4.78, 5) is 138. The summed E-state index contributed by atoms with van der Waals surface area (Å²) in [6, 6.07) is -6.19. The van der Waals surface area contributed by atoms with Crippen LogP contribution in [0.1, 0.15) is 65.2 Å². The average molecular weight is 966 g/mol. The van der Waals surface area contributed by atoms with Crippen molar-refractivity contribution in [3.63, 3.8) is 0 Å². The van der Waals surface area contributed by atoms with Crippen LogP contribution in [0, 0.1) is 17.2 Å². The Labute approximate surface area is 395 Å². The summed E-state index contributed by atoms with van der Waals surface area (Å²) in [5.41, 5.74) is 8.72. The Morgan fingerprint density at radius 1 is 0.750 bits per heavy atom. The molecule has 0 radical (unpaired) electrons. The van der Waals surface area contributed by atoms with Crippen LogP contribution in [0.4, 0.5) is 4.79 Å². The molecule has 0 aliphatic carbocycles. The molecular weight excluding hydrogens is 895 g/mol. The summed E-state index contributed by atoms with van der Waals surface area (Å²) in [5, 5.41) is 49.6. The van der Waals surface area contributed by atoms with Gasteiger partial charge in [-0.05, 0) is 51.5 Å². The first-order chi connectivity index (χ1) is 32.1. The number of likely N-dealkylation sites (N-methyl/N-ethyl adjacent to an activating group) is 1. The van der Waals surface area contributed by atoms with E-state index in [9.17, 15) is 63.3 Å². The molecule has 0 bridgehead atoms. The van der Waals surface area contributed by atoms with Gasteiger partial charge in [-0.3, -0.25) is 68.6 Å². The second-order valence-corrected chi connectivity index (χ2v) is 17.8. The molecule has 0 aromatic carbocycles. The lowest BCUT2D eigenvalue weighted by Crippen LogP contribution is -2.59. The normalized spacial score (nSPS) is 25.3. The van der Waals surface area contributed by atoms with Crippen molar-refractivity contribution in [1.29, 1.82) is 5.41 Å². The van der Waals surface area contributed by atoms with Gasteiger partial charge in [-0.1, -0.05) is 20.3 Å². The highest BCUT2D eigenvalue weighted by molar-refractivity contribution is 6.41. The molecule has 3 heterocycles. The number of nitrogens with one attached hydrogen (secondary N) is 7. The predicted octanol–water partition coefficient (Wildman–Crippen LogP) is -3.96. The van der Waals surface area contributed by atoms with Gasteiger partial charge in [-0.25, -0.2) is 15.2 Å². The summed E-state index contributed by atoms with van der Waals surface area (Å²) in [6.45, 7) is 5.52. The minimum atomic E-state index is -1.78. The lowest BCUT2D eigenvalue weighted by Gasteiger charge is -2.33. The Kier molecular flexibility index (Phi) is 23.8. The maximum atomic E-state index is 14.9. The van der Waals surface area contributed by atoms with Crippen LogP contribution in [0.25, 0.3) is 0 Å². The zero-order valence-corrected chi connectivity index (χ0v) is 39.3. The third-order valence-corrected chi connectivity index (χ3v) is 12.0. The van der Waals surface area contributed by atoms with Crippen molar-refractivity contribution in [2.75, 3.05) is 98.7 Å². The molecule has 26 heteroatoms. The van der Waals surface area contributed by atoms with Gasteiger partial charge in [0.25, 0.3) is 5.91 Å². The Hall–Kier alpha value is -5.67. The number of amides is 5. The second-order valence-electron chi connectivity index (χ2n) is 17.8. The van der Waals surface area contributed by atoms with E-state index in [4.69, 9.17) is 11.1 Å². The van der Waals surface area contributed by atoms with E-state index < -0.39 is 101 Å². The van der Waals surface area contributed by atoms with Crippen molar-refractivity contribution in [3.8, 4) is 0 Å². The number of carboxylic acids is 3. The Morgan fingerprint density at radius 3 is 1.90 bits per heavy atom. The maximum Gasteiger partial charge on any atom is 0.317 e. The first-order valence-electron chi connectivity index (χ1n) is 23.1. The molecule has 1 unspecified atom stereocenters. The fourth-order valence-corrected chi connectivity index (χ4v) is 8.18. The number of ketones is 3. The molecule has 68 heavy (non-hydrogen) atoms. The number of carboxylic acid groups (broad SMARTS) is 3. The van der Waals surface area contributed by atoms with Gasteiger partial charge in [-0.15, -0.1) is 0 Å². The fourth-order valence-electron chi connectivity index (χ4n) is 8.18. The maximum absolute atomic E-state index is 14.9. The predicted molar refractivity (Wildman–Crippen MR) is 243 cm³/mol. The molecule has 3 rings (SSSR count). The lowest BCUT2D eigenvalue weighted by molar-refractivity contribution is -0.145. The number of nitrogens with two attached hydrogens (primary N) is 1. The van der Waals surface area contributed by atoms with Crippen LogP contribution in [0.5, 0.6) is 0 Å². The number of nitrogens with zero attached hydrogens (tertiary/aromatic N) is 5. The SMILES string of the molecule is CC(C)[C@@H]1NC(=O)[C@@H]2CCCN2N[C@@H](CCCNC(=N)N)C(=O)C(C(=O)CN2CCN(C)CCN(CC(=O)O)CCN(CC(=O)O)CC2)CCCCNC(=O)N[C@@H](CC(=O)O)C(=O)NC(=O)C1=O. The zero-order valence-electron chi connectivity index (χ0n) is 39.3. The van der Waals surface area contributed by atoms with Gasteiger partial charge in [-0.2, -0.15) is 0 Å². The molecule has 3 saturated heterocycles. The monoisotopic (exact) mass is 966 g/mol. The summed E-state index contributed by atoms with van der Waals surface area (Å²) < 4.78 is 0. The molecule has 5 amide bonds. The lowest BCUT2D eigenvalue weighted by atomic mass is 9.87. The standard InChI is InChI=1S/C42H71N13O13/c1-26(2)35-37(64)40(67)49-38(65)29(22-32(57)58)47-42(68)46-11-5-4-8-27(36(63)28(9-6-12-45-41(43)44)50-55-13-7-10-30(55)39(66)48-35)31(56)23-52-16-14-51(3)15-17-53(24-33(59)60)20-21-54(19-18-52)25-34(61)62/h26-30,35,50H,4-25H2,1-3H3,(H,48,66)(H,57,58)(H,59,60)(H,61,62)(H4,43,44,45)(H2,46,47,68)(H,49,65,67)/t27?,28-,29-,30-,35-/m0/s1. The number of rotatable bonds is 14. The molecule has 0 spiro atoms. The van der Waals surface area contributed by atoms with Crippen molar-refractivity contribution in [2.24, 2.45) is 17.6 Å². The van der Waals surface area contributed by atoms with Crippen LogP contribution in [-0.4, -0.2) is 228 Å². The smallest absolute Gasteiger partial charge is 0.317 e. The second kappa shape index (κ2) is 28.6. The topological polar surface area (TPSA) is 370 Å². The van der Waals surface area contributed by atoms with E-state index in [1.54, 1.807) is 28.7 Å². The van der Waals surface area contributed by atoms with Gasteiger partial charge in [0.05, 0.1) is 44.1 Å². The number of carbonyl (C=O) groups is 10. The molecule has 0 saturated carbocycles. The highest BCUT2D eigenvalue weighted by Gasteiger charge is 2.40. The van der Waals surface area contributed by atoms with Crippen LogP contribution < -0.4 is 37.7 Å². The van der Waals surface area contributed by atoms with Gasteiger partial charge >= 0.3 is 23.9 Å². The molecule has 0 aromatic heterocycles. The van der Waals surface area contributed by atoms with Crippen molar-refractivity contribution >= 4 is 65.0 Å².